The van der Waals surface area contributed by atoms with Crippen molar-refractivity contribution in [3.05, 3.63) is 29.8 Å². The Hall–Kier alpha value is -1.51. The van der Waals surface area contributed by atoms with Crippen molar-refractivity contribution >= 4 is 5.97 Å². The first-order chi connectivity index (χ1) is 9.17. The fourth-order valence-corrected chi connectivity index (χ4v) is 2.62. The van der Waals surface area contributed by atoms with E-state index in [1.54, 1.807) is 7.11 Å². The number of carbonyl (C=O) groups excluding carboxylic acids is 1. The minimum Gasteiger partial charge on any atom is -0.497 e. The third kappa shape index (κ3) is 4.27. The van der Waals surface area contributed by atoms with Crippen molar-refractivity contribution in [2.45, 2.75) is 45.1 Å². The van der Waals surface area contributed by atoms with Gasteiger partial charge < -0.3 is 9.47 Å². The average Bonchev–Trinajstić information content (AvgIpc) is 2.39. The van der Waals surface area contributed by atoms with Gasteiger partial charge >= 0.3 is 5.97 Å². The molecule has 0 bridgehead atoms. The number of methoxy groups -OCH3 is 1. The lowest BCUT2D eigenvalue weighted by Gasteiger charge is -2.26. The van der Waals surface area contributed by atoms with Crippen LogP contribution in [0.2, 0.25) is 0 Å². The van der Waals surface area contributed by atoms with E-state index in [0.717, 1.165) is 24.2 Å². The molecule has 0 saturated heterocycles. The van der Waals surface area contributed by atoms with E-state index in [1.807, 2.05) is 24.3 Å². The first-order valence-corrected chi connectivity index (χ1v) is 7.00. The molecule has 0 N–H and O–H groups in total. The monoisotopic (exact) mass is 262 g/mol. The van der Waals surface area contributed by atoms with Crippen LogP contribution in [0.1, 0.15) is 38.2 Å². The van der Waals surface area contributed by atoms with Crippen LogP contribution in [-0.2, 0) is 16.0 Å². The minimum absolute atomic E-state index is 0.120. The van der Waals surface area contributed by atoms with Crippen LogP contribution in [0, 0.1) is 5.92 Å². The van der Waals surface area contributed by atoms with Crippen LogP contribution in [0.25, 0.3) is 0 Å². The molecule has 19 heavy (non-hydrogen) atoms. The normalized spacial score (nSPS) is 22.8. The molecule has 0 amide bonds. The molecule has 104 valence electrons. The molecule has 1 saturated carbocycles. The third-order valence-electron chi connectivity index (χ3n) is 3.69. The van der Waals surface area contributed by atoms with Crippen LogP contribution in [0.15, 0.2) is 24.3 Å². The second-order valence-electron chi connectivity index (χ2n) is 5.41. The summed E-state index contributed by atoms with van der Waals surface area (Å²) in [6, 6.07) is 7.55. The van der Waals surface area contributed by atoms with Crippen molar-refractivity contribution in [2.75, 3.05) is 7.11 Å². The lowest BCUT2D eigenvalue weighted by Crippen LogP contribution is -2.25. The number of rotatable bonds is 4. The lowest BCUT2D eigenvalue weighted by atomic mass is 9.89. The molecule has 0 radical (unpaired) electrons. The number of ether oxygens (including phenoxy) is 2. The molecule has 0 aromatic heterocycles. The Labute approximate surface area is 114 Å². The second-order valence-corrected chi connectivity index (χ2v) is 5.41. The van der Waals surface area contributed by atoms with Crippen molar-refractivity contribution in [1.82, 2.24) is 0 Å². The van der Waals surface area contributed by atoms with E-state index >= 15 is 0 Å². The first kappa shape index (κ1) is 13.9. The van der Waals surface area contributed by atoms with Gasteiger partial charge in [-0.1, -0.05) is 25.5 Å². The third-order valence-corrected chi connectivity index (χ3v) is 3.69. The molecule has 3 heteroatoms. The fraction of sp³-hybridized carbons (Fsp3) is 0.562. The van der Waals surface area contributed by atoms with Crippen LogP contribution in [0.4, 0.5) is 0 Å². The van der Waals surface area contributed by atoms with Gasteiger partial charge in [-0.05, 0) is 42.9 Å². The molecule has 0 spiro atoms. The summed E-state index contributed by atoms with van der Waals surface area (Å²) >= 11 is 0. The standard InChI is InChI=1S/C16H22O3/c1-12-4-3-5-15(10-12)19-16(17)11-13-6-8-14(18-2)9-7-13/h6-9,12,15H,3-5,10-11H2,1-2H3. The van der Waals surface area contributed by atoms with E-state index in [-0.39, 0.29) is 12.1 Å². The minimum atomic E-state index is -0.121. The Balaban J connectivity index is 1.83. The number of hydrogen-bond donors (Lipinski definition) is 0. The summed E-state index contributed by atoms with van der Waals surface area (Å²) in [5.74, 6) is 1.36. The lowest BCUT2D eigenvalue weighted by molar-refractivity contribution is -0.150. The summed E-state index contributed by atoms with van der Waals surface area (Å²) in [7, 11) is 1.63. The van der Waals surface area contributed by atoms with Gasteiger partial charge in [-0.25, -0.2) is 0 Å². The van der Waals surface area contributed by atoms with Gasteiger partial charge in [0.1, 0.15) is 11.9 Å². The van der Waals surface area contributed by atoms with Crippen LogP contribution < -0.4 is 4.74 Å². The summed E-state index contributed by atoms with van der Waals surface area (Å²) < 4.78 is 10.6. The largest absolute Gasteiger partial charge is 0.497 e. The topological polar surface area (TPSA) is 35.5 Å². The van der Waals surface area contributed by atoms with Crippen LogP contribution in [0.3, 0.4) is 0 Å². The summed E-state index contributed by atoms with van der Waals surface area (Å²) in [5.41, 5.74) is 0.967. The zero-order valence-electron chi connectivity index (χ0n) is 11.7. The maximum atomic E-state index is 11.9. The van der Waals surface area contributed by atoms with Crippen LogP contribution in [0.5, 0.6) is 5.75 Å². The molecule has 2 atom stereocenters. The van der Waals surface area contributed by atoms with E-state index in [9.17, 15) is 4.79 Å². The van der Waals surface area contributed by atoms with Gasteiger partial charge in [-0.3, -0.25) is 4.79 Å². The zero-order valence-corrected chi connectivity index (χ0v) is 11.7. The summed E-state index contributed by atoms with van der Waals surface area (Å²) in [6.45, 7) is 2.23. The Morgan fingerprint density at radius 1 is 1.26 bits per heavy atom. The van der Waals surface area contributed by atoms with E-state index in [4.69, 9.17) is 9.47 Å². The molecule has 2 rings (SSSR count). The quantitative estimate of drug-likeness (QED) is 0.780. The maximum Gasteiger partial charge on any atom is 0.310 e. The summed E-state index contributed by atoms with van der Waals surface area (Å²) in [6.07, 6.45) is 4.91. The Kier molecular flexibility index (Phi) is 4.83. The zero-order chi connectivity index (χ0) is 13.7. The molecule has 1 aliphatic rings. The number of benzene rings is 1. The molecule has 1 aromatic carbocycles. The van der Waals surface area contributed by atoms with E-state index in [0.29, 0.717) is 12.3 Å². The highest BCUT2D eigenvalue weighted by atomic mass is 16.5. The van der Waals surface area contributed by atoms with Gasteiger partial charge in [-0.2, -0.15) is 0 Å². The van der Waals surface area contributed by atoms with Crippen molar-refractivity contribution in [3.63, 3.8) is 0 Å². The highest BCUT2D eigenvalue weighted by Gasteiger charge is 2.22. The Morgan fingerprint density at radius 2 is 2.00 bits per heavy atom. The van der Waals surface area contributed by atoms with Gasteiger partial charge in [0.25, 0.3) is 0 Å². The summed E-state index contributed by atoms with van der Waals surface area (Å²) in [5, 5.41) is 0. The van der Waals surface area contributed by atoms with Crippen LogP contribution in [-0.4, -0.2) is 19.2 Å². The van der Waals surface area contributed by atoms with Gasteiger partial charge in [-0.15, -0.1) is 0 Å². The smallest absolute Gasteiger partial charge is 0.310 e. The van der Waals surface area contributed by atoms with Gasteiger partial charge in [0.2, 0.25) is 0 Å². The van der Waals surface area contributed by atoms with Crippen LogP contribution >= 0.6 is 0 Å². The molecule has 0 heterocycles. The molecule has 1 aliphatic carbocycles. The average molecular weight is 262 g/mol. The number of hydrogen-bond acceptors (Lipinski definition) is 3. The van der Waals surface area contributed by atoms with Gasteiger partial charge in [0, 0.05) is 0 Å². The predicted molar refractivity (Wildman–Crippen MR) is 74.2 cm³/mol. The van der Waals surface area contributed by atoms with Crippen molar-refractivity contribution in [1.29, 1.82) is 0 Å². The van der Waals surface area contributed by atoms with E-state index in [2.05, 4.69) is 6.92 Å². The molecule has 1 aromatic rings. The highest BCUT2D eigenvalue weighted by molar-refractivity contribution is 5.72. The SMILES string of the molecule is COc1ccc(CC(=O)OC2CCCC(C)C2)cc1. The molecule has 1 fully saturated rings. The second kappa shape index (κ2) is 6.60. The fourth-order valence-electron chi connectivity index (χ4n) is 2.62. The van der Waals surface area contributed by atoms with Crippen molar-refractivity contribution < 1.29 is 14.3 Å². The summed E-state index contributed by atoms with van der Waals surface area (Å²) in [4.78, 5) is 11.9. The molecule has 3 nitrogen and oxygen atoms in total. The number of carbonyl (C=O) groups is 1. The number of esters is 1. The molecule has 0 aliphatic heterocycles. The highest BCUT2D eigenvalue weighted by Crippen LogP contribution is 2.26. The first-order valence-electron chi connectivity index (χ1n) is 7.00. The molecular weight excluding hydrogens is 240 g/mol. The van der Waals surface area contributed by atoms with Crippen molar-refractivity contribution in [2.24, 2.45) is 5.92 Å². The Morgan fingerprint density at radius 3 is 2.63 bits per heavy atom. The van der Waals surface area contributed by atoms with Gasteiger partial charge in [0.05, 0.1) is 13.5 Å². The maximum absolute atomic E-state index is 11.9. The Bertz CT molecular complexity index is 411. The van der Waals surface area contributed by atoms with Gasteiger partial charge in [0.15, 0.2) is 0 Å². The van der Waals surface area contributed by atoms with E-state index < -0.39 is 0 Å². The molecule has 2 unspecified atom stereocenters. The molecular formula is C16H22O3. The van der Waals surface area contributed by atoms with Crippen molar-refractivity contribution in [3.8, 4) is 5.75 Å². The predicted octanol–water partition coefficient (Wildman–Crippen LogP) is 3.36. The van der Waals surface area contributed by atoms with E-state index in [1.165, 1.54) is 12.8 Å².